The fourth-order valence-electron chi connectivity index (χ4n) is 1.94. The molecule has 0 heterocycles. The third-order valence-electron chi connectivity index (χ3n) is 2.64. The Bertz CT molecular complexity index is 119. The van der Waals surface area contributed by atoms with Gasteiger partial charge in [-0.2, -0.15) is 0 Å². The van der Waals surface area contributed by atoms with Crippen LogP contribution in [0.5, 0.6) is 0 Å². The van der Waals surface area contributed by atoms with Crippen molar-refractivity contribution in [3.63, 3.8) is 0 Å². The van der Waals surface area contributed by atoms with Crippen molar-refractivity contribution in [2.24, 2.45) is 5.92 Å². The van der Waals surface area contributed by atoms with Crippen molar-refractivity contribution in [1.82, 2.24) is 0 Å². The van der Waals surface area contributed by atoms with E-state index in [2.05, 4.69) is 6.92 Å². The van der Waals surface area contributed by atoms with Crippen LogP contribution in [0.2, 0.25) is 0 Å². The van der Waals surface area contributed by atoms with Gasteiger partial charge in [-0.1, -0.05) is 19.8 Å². The van der Waals surface area contributed by atoms with Gasteiger partial charge >= 0.3 is 0 Å². The van der Waals surface area contributed by atoms with Gasteiger partial charge in [0.15, 0.2) is 5.79 Å². The van der Waals surface area contributed by atoms with Crippen molar-refractivity contribution in [2.75, 3.05) is 0 Å². The molecule has 11 heavy (non-hydrogen) atoms. The van der Waals surface area contributed by atoms with Crippen molar-refractivity contribution >= 4 is 0 Å². The summed E-state index contributed by atoms with van der Waals surface area (Å²) < 4.78 is 0. The van der Waals surface area contributed by atoms with Crippen LogP contribution in [-0.4, -0.2) is 16.0 Å². The Morgan fingerprint density at radius 3 is 2.64 bits per heavy atom. The van der Waals surface area contributed by atoms with Gasteiger partial charge in [-0.05, 0) is 19.3 Å². The van der Waals surface area contributed by atoms with Gasteiger partial charge in [-0.15, -0.1) is 0 Å². The summed E-state index contributed by atoms with van der Waals surface area (Å²) in [5, 5.41) is 19.0. The van der Waals surface area contributed by atoms with E-state index in [1.807, 2.05) is 0 Å². The molecule has 0 aromatic carbocycles. The molecule has 2 N–H and O–H groups in total. The molecule has 1 aliphatic carbocycles. The molecule has 66 valence electrons. The van der Waals surface area contributed by atoms with E-state index in [-0.39, 0.29) is 5.92 Å². The van der Waals surface area contributed by atoms with Crippen LogP contribution in [0.4, 0.5) is 0 Å². The zero-order valence-electron chi connectivity index (χ0n) is 7.21. The quantitative estimate of drug-likeness (QED) is 0.600. The van der Waals surface area contributed by atoms with E-state index in [0.29, 0.717) is 6.42 Å². The Hall–Kier alpha value is -0.0800. The van der Waals surface area contributed by atoms with Crippen molar-refractivity contribution in [2.45, 2.75) is 51.2 Å². The number of aliphatic hydroxyl groups is 2. The van der Waals surface area contributed by atoms with E-state index < -0.39 is 5.79 Å². The van der Waals surface area contributed by atoms with Crippen molar-refractivity contribution in [1.29, 1.82) is 0 Å². The molecule has 1 fully saturated rings. The van der Waals surface area contributed by atoms with Gasteiger partial charge in [-0.25, -0.2) is 0 Å². The Morgan fingerprint density at radius 1 is 1.36 bits per heavy atom. The Balaban J connectivity index is 2.45. The van der Waals surface area contributed by atoms with Crippen LogP contribution >= 0.6 is 0 Å². The first-order valence-electron chi connectivity index (χ1n) is 4.61. The van der Waals surface area contributed by atoms with E-state index in [9.17, 15) is 10.2 Å². The van der Waals surface area contributed by atoms with Crippen molar-refractivity contribution < 1.29 is 10.2 Å². The highest BCUT2D eigenvalue weighted by molar-refractivity contribution is 4.79. The molecule has 0 saturated heterocycles. The molecule has 0 bridgehead atoms. The SMILES string of the molecule is CCCC1CCCCC1(O)O. The fraction of sp³-hybridized carbons (Fsp3) is 1.00. The molecule has 0 amide bonds. The lowest BCUT2D eigenvalue weighted by molar-refractivity contribution is -0.218. The standard InChI is InChI=1S/C9H18O2/c1-2-5-8-6-3-4-7-9(8,10)11/h8,10-11H,2-7H2,1H3. The largest absolute Gasteiger partial charge is 0.365 e. The summed E-state index contributed by atoms with van der Waals surface area (Å²) in [6, 6.07) is 0. The maximum Gasteiger partial charge on any atom is 0.165 e. The maximum absolute atomic E-state index is 9.52. The van der Waals surface area contributed by atoms with E-state index in [1.165, 1.54) is 0 Å². The number of hydrogen-bond donors (Lipinski definition) is 2. The minimum atomic E-state index is -1.35. The third kappa shape index (κ3) is 2.17. The molecule has 0 aromatic heterocycles. The molecule has 1 atom stereocenters. The van der Waals surface area contributed by atoms with Crippen molar-refractivity contribution in [3.05, 3.63) is 0 Å². The van der Waals surface area contributed by atoms with Crippen LogP contribution in [0.1, 0.15) is 45.4 Å². The zero-order valence-corrected chi connectivity index (χ0v) is 7.21. The summed E-state index contributed by atoms with van der Waals surface area (Å²) in [5.74, 6) is -1.23. The number of hydrogen-bond acceptors (Lipinski definition) is 2. The van der Waals surface area contributed by atoms with Crippen molar-refractivity contribution in [3.8, 4) is 0 Å². The van der Waals surface area contributed by atoms with Crippen LogP contribution < -0.4 is 0 Å². The Kier molecular flexibility index (Phi) is 2.90. The highest BCUT2D eigenvalue weighted by atomic mass is 16.5. The lowest BCUT2D eigenvalue weighted by Crippen LogP contribution is -2.40. The fourth-order valence-corrected chi connectivity index (χ4v) is 1.94. The molecule has 1 aliphatic rings. The van der Waals surface area contributed by atoms with Gasteiger partial charge in [-0.3, -0.25) is 0 Å². The lowest BCUT2D eigenvalue weighted by Gasteiger charge is -2.35. The third-order valence-corrected chi connectivity index (χ3v) is 2.64. The van der Waals surface area contributed by atoms with E-state index in [1.54, 1.807) is 0 Å². The molecule has 0 radical (unpaired) electrons. The zero-order chi connectivity index (χ0) is 8.32. The number of rotatable bonds is 2. The molecule has 0 spiro atoms. The average Bonchev–Trinajstić information content (AvgIpc) is 1.94. The highest BCUT2D eigenvalue weighted by Gasteiger charge is 2.35. The normalized spacial score (nSPS) is 30.3. The van der Waals surface area contributed by atoms with E-state index in [0.717, 1.165) is 32.1 Å². The minimum absolute atomic E-state index is 0.126. The first-order valence-corrected chi connectivity index (χ1v) is 4.61. The summed E-state index contributed by atoms with van der Waals surface area (Å²) >= 11 is 0. The first kappa shape index (κ1) is 9.01. The van der Waals surface area contributed by atoms with Crippen LogP contribution in [0.15, 0.2) is 0 Å². The van der Waals surface area contributed by atoms with Crippen LogP contribution in [0.25, 0.3) is 0 Å². The minimum Gasteiger partial charge on any atom is -0.365 e. The molecule has 1 rings (SSSR count). The monoisotopic (exact) mass is 158 g/mol. The molecule has 1 unspecified atom stereocenters. The second kappa shape index (κ2) is 3.55. The van der Waals surface area contributed by atoms with Crippen LogP contribution in [0.3, 0.4) is 0 Å². The van der Waals surface area contributed by atoms with Crippen LogP contribution in [-0.2, 0) is 0 Å². The summed E-state index contributed by atoms with van der Waals surface area (Å²) in [7, 11) is 0. The summed E-state index contributed by atoms with van der Waals surface area (Å²) in [6.45, 7) is 2.09. The molecule has 0 aliphatic heterocycles. The molecule has 0 aromatic rings. The highest BCUT2D eigenvalue weighted by Crippen LogP contribution is 2.34. The molecule has 2 heteroatoms. The smallest absolute Gasteiger partial charge is 0.165 e. The molecule has 1 saturated carbocycles. The summed E-state index contributed by atoms with van der Waals surface area (Å²) in [5.41, 5.74) is 0. The molecular weight excluding hydrogens is 140 g/mol. The van der Waals surface area contributed by atoms with Gasteiger partial charge < -0.3 is 10.2 Å². The summed E-state index contributed by atoms with van der Waals surface area (Å²) in [6.07, 6.45) is 5.68. The van der Waals surface area contributed by atoms with Gasteiger partial charge in [0.2, 0.25) is 0 Å². The second-order valence-corrected chi connectivity index (χ2v) is 3.61. The van der Waals surface area contributed by atoms with Gasteiger partial charge in [0, 0.05) is 12.3 Å². The predicted molar refractivity (Wildman–Crippen MR) is 44.0 cm³/mol. The van der Waals surface area contributed by atoms with Crippen LogP contribution in [0, 0.1) is 5.92 Å². The second-order valence-electron chi connectivity index (χ2n) is 3.61. The first-order chi connectivity index (χ1) is 5.17. The van der Waals surface area contributed by atoms with E-state index >= 15 is 0 Å². The predicted octanol–water partition coefficient (Wildman–Crippen LogP) is 1.66. The maximum atomic E-state index is 9.52. The van der Waals surface area contributed by atoms with Gasteiger partial charge in [0.25, 0.3) is 0 Å². The Morgan fingerprint density at radius 2 is 2.09 bits per heavy atom. The summed E-state index contributed by atoms with van der Waals surface area (Å²) in [4.78, 5) is 0. The average molecular weight is 158 g/mol. The topological polar surface area (TPSA) is 40.5 Å². The Labute approximate surface area is 68.2 Å². The van der Waals surface area contributed by atoms with E-state index in [4.69, 9.17) is 0 Å². The van der Waals surface area contributed by atoms with Gasteiger partial charge in [0.05, 0.1) is 0 Å². The molecular formula is C9H18O2. The lowest BCUT2D eigenvalue weighted by atomic mass is 9.81. The van der Waals surface area contributed by atoms with Gasteiger partial charge in [0.1, 0.15) is 0 Å². The molecule has 2 nitrogen and oxygen atoms in total.